The van der Waals surface area contributed by atoms with Gasteiger partial charge in [0.15, 0.2) is 6.61 Å². The van der Waals surface area contributed by atoms with Crippen molar-refractivity contribution >= 4 is 17.9 Å². The molecule has 0 aliphatic rings. The first-order chi connectivity index (χ1) is 7.70. The highest BCUT2D eigenvalue weighted by Gasteiger charge is 2.17. The summed E-state index contributed by atoms with van der Waals surface area (Å²) in [5.74, 6) is -2.44. The largest absolute Gasteiger partial charge is 0.480 e. The van der Waals surface area contributed by atoms with E-state index in [4.69, 9.17) is 9.84 Å². The molecule has 98 valence electrons. The number of carboxylic acids is 1. The Morgan fingerprint density at radius 2 is 1.71 bits per heavy atom. The van der Waals surface area contributed by atoms with E-state index in [9.17, 15) is 14.4 Å². The van der Waals surface area contributed by atoms with Gasteiger partial charge in [0.2, 0.25) is 0 Å². The van der Waals surface area contributed by atoms with E-state index in [0.717, 1.165) is 0 Å². The van der Waals surface area contributed by atoms with Crippen LogP contribution in [-0.2, 0) is 23.9 Å². The van der Waals surface area contributed by atoms with Gasteiger partial charge in [-0.3, -0.25) is 14.9 Å². The van der Waals surface area contributed by atoms with Gasteiger partial charge in [0, 0.05) is 0 Å². The molecule has 0 radical (unpaired) electrons. The highest BCUT2D eigenvalue weighted by atomic mass is 16.6. The van der Waals surface area contributed by atoms with Crippen molar-refractivity contribution in [2.75, 3.05) is 19.7 Å². The molecule has 0 heterocycles. The summed E-state index contributed by atoms with van der Waals surface area (Å²) in [4.78, 5) is 32.3. The summed E-state index contributed by atoms with van der Waals surface area (Å²) in [6.45, 7) is 3.99. The van der Waals surface area contributed by atoms with E-state index in [2.05, 4.69) is 10.1 Å². The van der Waals surface area contributed by atoms with E-state index in [0.29, 0.717) is 0 Å². The molecule has 0 atom stereocenters. The second kappa shape index (κ2) is 6.85. The zero-order valence-electron chi connectivity index (χ0n) is 10.1. The van der Waals surface area contributed by atoms with Crippen molar-refractivity contribution in [3.63, 3.8) is 0 Å². The van der Waals surface area contributed by atoms with Gasteiger partial charge in [-0.15, -0.1) is 0 Å². The van der Waals surface area contributed by atoms with Crippen molar-refractivity contribution in [3.05, 3.63) is 0 Å². The Labute approximate surface area is 99.1 Å². The fourth-order valence-corrected chi connectivity index (χ4v) is 0.833. The molecule has 0 saturated heterocycles. The molecule has 0 amide bonds. The number of nitrogens with one attached hydrogen (secondary N) is 1. The lowest BCUT2D eigenvalue weighted by atomic mass is 10.2. The predicted octanol–water partition coefficient (Wildman–Crippen LogP) is -0.454. The molecule has 2 N–H and O–H groups in total. The molecule has 0 bridgehead atoms. The van der Waals surface area contributed by atoms with Crippen LogP contribution in [0.3, 0.4) is 0 Å². The van der Waals surface area contributed by atoms with Crippen LogP contribution in [-0.4, -0.2) is 48.3 Å². The molecule has 0 aliphatic heterocycles. The maximum absolute atomic E-state index is 11.1. The normalized spacial score (nSPS) is 10.8. The summed E-state index contributed by atoms with van der Waals surface area (Å²) in [6.07, 6.45) is 0. The summed E-state index contributed by atoms with van der Waals surface area (Å²) >= 11 is 0. The minimum atomic E-state index is -1.08. The number of carbonyl (C=O) groups is 3. The van der Waals surface area contributed by atoms with E-state index in [-0.39, 0.29) is 13.1 Å². The topological polar surface area (TPSA) is 102 Å². The molecular formula is C10H17NO6. The standard InChI is InChI=1S/C10H17NO6/c1-10(2,3)17-9(15)6-16-8(14)5-11-4-7(12)13/h11H,4-6H2,1-3H3,(H,12,13). The number of aliphatic carboxylic acids is 1. The predicted molar refractivity (Wildman–Crippen MR) is 57.3 cm³/mol. The minimum Gasteiger partial charge on any atom is -0.480 e. The molecular weight excluding hydrogens is 230 g/mol. The molecule has 17 heavy (non-hydrogen) atoms. The van der Waals surface area contributed by atoms with E-state index < -0.39 is 30.1 Å². The van der Waals surface area contributed by atoms with Crippen molar-refractivity contribution in [1.29, 1.82) is 0 Å². The number of hydrogen-bond acceptors (Lipinski definition) is 6. The first kappa shape index (κ1) is 15.4. The third-order valence-electron chi connectivity index (χ3n) is 1.32. The number of carboxylic acid groups (broad SMARTS) is 1. The Kier molecular flexibility index (Phi) is 6.19. The SMILES string of the molecule is CC(C)(C)OC(=O)COC(=O)CNCC(=O)O. The summed E-state index contributed by atoms with van der Waals surface area (Å²) < 4.78 is 9.46. The lowest BCUT2D eigenvalue weighted by Crippen LogP contribution is -2.32. The van der Waals surface area contributed by atoms with Crippen LogP contribution < -0.4 is 5.32 Å². The summed E-state index contributed by atoms with van der Waals surface area (Å²) in [5, 5.41) is 10.6. The van der Waals surface area contributed by atoms with Gasteiger partial charge in [0.25, 0.3) is 0 Å². The van der Waals surface area contributed by atoms with Crippen LogP contribution >= 0.6 is 0 Å². The van der Waals surface area contributed by atoms with Gasteiger partial charge in [0.05, 0.1) is 13.1 Å². The van der Waals surface area contributed by atoms with Crippen molar-refractivity contribution < 1.29 is 29.0 Å². The van der Waals surface area contributed by atoms with Gasteiger partial charge in [-0.2, -0.15) is 0 Å². The van der Waals surface area contributed by atoms with Crippen molar-refractivity contribution in [2.45, 2.75) is 26.4 Å². The Balaban J connectivity index is 3.70. The third kappa shape index (κ3) is 10.6. The fourth-order valence-electron chi connectivity index (χ4n) is 0.833. The number of carbonyl (C=O) groups excluding carboxylic acids is 2. The van der Waals surface area contributed by atoms with Crippen LogP contribution in [0.4, 0.5) is 0 Å². The monoisotopic (exact) mass is 247 g/mol. The lowest BCUT2D eigenvalue weighted by Gasteiger charge is -2.19. The van der Waals surface area contributed by atoms with Crippen molar-refractivity contribution in [3.8, 4) is 0 Å². The number of esters is 2. The van der Waals surface area contributed by atoms with Crippen LogP contribution in [0.15, 0.2) is 0 Å². The Morgan fingerprint density at radius 3 is 2.18 bits per heavy atom. The van der Waals surface area contributed by atoms with Crippen molar-refractivity contribution in [1.82, 2.24) is 5.32 Å². The van der Waals surface area contributed by atoms with Crippen LogP contribution in [0.1, 0.15) is 20.8 Å². The van der Waals surface area contributed by atoms with E-state index in [1.807, 2.05) is 0 Å². The average Bonchev–Trinajstić information content (AvgIpc) is 2.11. The number of rotatable bonds is 6. The zero-order valence-corrected chi connectivity index (χ0v) is 10.1. The summed E-state index contributed by atoms with van der Waals surface area (Å²) in [5.41, 5.74) is -0.634. The first-order valence-corrected chi connectivity index (χ1v) is 5.00. The highest BCUT2D eigenvalue weighted by molar-refractivity contribution is 5.78. The fraction of sp³-hybridized carbons (Fsp3) is 0.700. The van der Waals surface area contributed by atoms with E-state index >= 15 is 0 Å². The number of hydrogen-bond donors (Lipinski definition) is 2. The smallest absolute Gasteiger partial charge is 0.344 e. The third-order valence-corrected chi connectivity index (χ3v) is 1.32. The lowest BCUT2D eigenvalue weighted by molar-refractivity contribution is -0.166. The van der Waals surface area contributed by atoms with E-state index in [1.165, 1.54) is 0 Å². The minimum absolute atomic E-state index is 0.269. The van der Waals surface area contributed by atoms with Crippen LogP contribution in [0.25, 0.3) is 0 Å². The average molecular weight is 247 g/mol. The first-order valence-electron chi connectivity index (χ1n) is 5.00. The zero-order chi connectivity index (χ0) is 13.5. The molecule has 0 aromatic heterocycles. The van der Waals surface area contributed by atoms with Crippen LogP contribution in [0.2, 0.25) is 0 Å². The molecule has 0 saturated carbocycles. The van der Waals surface area contributed by atoms with Gasteiger partial charge in [0.1, 0.15) is 5.60 Å². The Morgan fingerprint density at radius 1 is 1.12 bits per heavy atom. The Hall–Kier alpha value is -1.63. The second-order valence-corrected chi connectivity index (χ2v) is 4.24. The second-order valence-electron chi connectivity index (χ2n) is 4.24. The maximum atomic E-state index is 11.1. The van der Waals surface area contributed by atoms with Crippen LogP contribution in [0, 0.1) is 0 Å². The molecule has 7 heteroatoms. The molecule has 0 aromatic carbocycles. The molecule has 0 aromatic rings. The maximum Gasteiger partial charge on any atom is 0.344 e. The molecule has 7 nitrogen and oxygen atoms in total. The summed E-state index contributed by atoms with van der Waals surface area (Å²) in [6, 6.07) is 0. The summed E-state index contributed by atoms with van der Waals surface area (Å²) in [7, 11) is 0. The van der Waals surface area contributed by atoms with Gasteiger partial charge >= 0.3 is 17.9 Å². The quantitative estimate of drug-likeness (QED) is 0.612. The van der Waals surface area contributed by atoms with E-state index in [1.54, 1.807) is 20.8 Å². The molecule has 0 fully saturated rings. The molecule has 0 aliphatic carbocycles. The van der Waals surface area contributed by atoms with Gasteiger partial charge in [-0.05, 0) is 20.8 Å². The van der Waals surface area contributed by atoms with Crippen molar-refractivity contribution in [2.24, 2.45) is 0 Å². The molecule has 0 rings (SSSR count). The van der Waals surface area contributed by atoms with Crippen LogP contribution in [0.5, 0.6) is 0 Å². The molecule has 0 spiro atoms. The number of ether oxygens (including phenoxy) is 2. The highest BCUT2D eigenvalue weighted by Crippen LogP contribution is 2.06. The van der Waals surface area contributed by atoms with Gasteiger partial charge < -0.3 is 14.6 Å². The van der Waals surface area contributed by atoms with Gasteiger partial charge in [-0.25, -0.2) is 4.79 Å². The van der Waals surface area contributed by atoms with Gasteiger partial charge in [-0.1, -0.05) is 0 Å². The molecule has 0 unspecified atom stereocenters. The Bertz CT molecular complexity index is 294.